The Bertz CT molecular complexity index is 467. The van der Waals surface area contributed by atoms with E-state index in [4.69, 9.17) is 5.11 Å². The third-order valence-corrected chi connectivity index (χ3v) is 3.16. The predicted octanol–water partition coefficient (Wildman–Crippen LogP) is 1.46. The van der Waals surface area contributed by atoms with E-state index in [1.54, 1.807) is 30.1 Å². The van der Waals surface area contributed by atoms with Crippen LogP contribution in [0.3, 0.4) is 0 Å². The number of likely N-dealkylation sites (N-methyl/N-ethyl adjacent to an activating group) is 1. The van der Waals surface area contributed by atoms with E-state index in [1.165, 1.54) is 0 Å². The number of carbonyl (C=O) groups is 2. The summed E-state index contributed by atoms with van der Waals surface area (Å²) in [5, 5.41) is 8.87. The molecule has 0 fully saturated rings. The Hall–Kier alpha value is -1.84. The van der Waals surface area contributed by atoms with Gasteiger partial charge >= 0.3 is 5.97 Å². The molecule has 1 amide bonds. The molecule has 1 aliphatic rings. The molecular formula is C12H13NO3. The number of hydrogen-bond donors (Lipinski definition) is 1. The monoisotopic (exact) mass is 219 g/mol. The van der Waals surface area contributed by atoms with Gasteiger partial charge in [-0.25, -0.2) is 4.79 Å². The lowest BCUT2D eigenvalue weighted by molar-refractivity contribution is -0.132. The Morgan fingerprint density at radius 3 is 2.81 bits per heavy atom. The van der Waals surface area contributed by atoms with Crippen molar-refractivity contribution in [1.82, 2.24) is 4.90 Å². The van der Waals surface area contributed by atoms with Gasteiger partial charge in [0.25, 0.3) is 0 Å². The number of aromatic carboxylic acids is 1. The summed E-state index contributed by atoms with van der Waals surface area (Å²) in [4.78, 5) is 24.1. The Morgan fingerprint density at radius 1 is 1.50 bits per heavy atom. The topological polar surface area (TPSA) is 57.6 Å². The number of carboxylic acid groups (broad SMARTS) is 1. The number of benzene rings is 1. The first kappa shape index (κ1) is 10.7. The quantitative estimate of drug-likeness (QED) is 0.778. The van der Waals surface area contributed by atoms with Gasteiger partial charge in [0.15, 0.2) is 0 Å². The summed E-state index contributed by atoms with van der Waals surface area (Å²) < 4.78 is 0. The molecular weight excluding hydrogens is 206 g/mol. The van der Waals surface area contributed by atoms with E-state index in [2.05, 4.69) is 0 Å². The fraction of sp³-hybridized carbons (Fsp3) is 0.333. The van der Waals surface area contributed by atoms with E-state index in [-0.39, 0.29) is 23.9 Å². The zero-order valence-electron chi connectivity index (χ0n) is 9.23. The van der Waals surface area contributed by atoms with Crippen LogP contribution in [0.25, 0.3) is 0 Å². The van der Waals surface area contributed by atoms with Crippen molar-refractivity contribution in [3.8, 4) is 0 Å². The van der Waals surface area contributed by atoms with Crippen molar-refractivity contribution >= 4 is 11.9 Å². The van der Waals surface area contributed by atoms with Gasteiger partial charge in [-0.2, -0.15) is 0 Å². The molecule has 0 unspecified atom stereocenters. The van der Waals surface area contributed by atoms with Crippen molar-refractivity contribution in [1.29, 1.82) is 0 Å². The van der Waals surface area contributed by atoms with Gasteiger partial charge in [-0.05, 0) is 30.2 Å². The molecule has 2 rings (SSSR count). The lowest BCUT2D eigenvalue weighted by Crippen LogP contribution is -2.35. The molecule has 0 spiro atoms. The summed E-state index contributed by atoms with van der Waals surface area (Å²) in [7, 11) is 1.76. The van der Waals surface area contributed by atoms with E-state index in [0.29, 0.717) is 0 Å². The lowest BCUT2D eigenvalue weighted by Gasteiger charge is -2.32. The number of hydrogen-bond acceptors (Lipinski definition) is 2. The molecule has 0 saturated heterocycles. The average Bonchev–Trinajstić information content (AvgIpc) is 2.25. The fourth-order valence-electron chi connectivity index (χ4n) is 2.01. The Kier molecular flexibility index (Phi) is 2.42. The smallest absolute Gasteiger partial charge is 0.335 e. The van der Waals surface area contributed by atoms with Crippen LogP contribution in [0.1, 0.15) is 34.5 Å². The van der Waals surface area contributed by atoms with Gasteiger partial charge in [-0.1, -0.05) is 6.07 Å². The fourth-order valence-corrected chi connectivity index (χ4v) is 2.01. The maximum Gasteiger partial charge on any atom is 0.335 e. The Morgan fingerprint density at radius 2 is 2.19 bits per heavy atom. The summed E-state index contributed by atoms with van der Waals surface area (Å²) >= 11 is 0. The van der Waals surface area contributed by atoms with Gasteiger partial charge in [0.2, 0.25) is 5.91 Å². The molecule has 4 nitrogen and oxygen atoms in total. The second kappa shape index (κ2) is 3.63. The third-order valence-electron chi connectivity index (χ3n) is 3.16. The molecule has 0 aliphatic carbocycles. The van der Waals surface area contributed by atoms with Crippen molar-refractivity contribution in [3.63, 3.8) is 0 Å². The molecule has 4 heteroatoms. The number of nitrogens with zero attached hydrogens (tertiary/aromatic N) is 1. The number of amides is 1. The molecule has 1 aliphatic heterocycles. The standard InChI is InChI=1S/C12H13NO3/c1-7-10-4-3-8(12(15)16)5-9(10)6-11(14)13(7)2/h3-5,7H,6H2,1-2H3,(H,15,16)/t7-/m0/s1. The van der Waals surface area contributed by atoms with Crippen LogP contribution in [0.4, 0.5) is 0 Å². The molecule has 16 heavy (non-hydrogen) atoms. The van der Waals surface area contributed by atoms with Crippen LogP contribution in [-0.4, -0.2) is 28.9 Å². The third kappa shape index (κ3) is 1.56. The van der Waals surface area contributed by atoms with Crippen molar-refractivity contribution in [2.75, 3.05) is 7.05 Å². The van der Waals surface area contributed by atoms with Crippen molar-refractivity contribution < 1.29 is 14.7 Å². The van der Waals surface area contributed by atoms with E-state index < -0.39 is 5.97 Å². The summed E-state index contributed by atoms with van der Waals surface area (Å²) in [5.41, 5.74) is 2.10. The molecule has 84 valence electrons. The number of carboxylic acids is 1. The molecule has 0 saturated carbocycles. The minimum Gasteiger partial charge on any atom is -0.478 e. The highest BCUT2D eigenvalue weighted by atomic mass is 16.4. The average molecular weight is 219 g/mol. The summed E-state index contributed by atoms with van der Waals surface area (Å²) in [6, 6.07) is 4.99. The van der Waals surface area contributed by atoms with Crippen LogP contribution in [-0.2, 0) is 11.2 Å². The van der Waals surface area contributed by atoms with Gasteiger partial charge in [0.1, 0.15) is 0 Å². The minimum atomic E-state index is -0.957. The maximum atomic E-state index is 11.6. The highest BCUT2D eigenvalue weighted by Crippen LogP contribution is 2.29. The largest absolute Gasteiger partial charge is 0.478 e. The first-order valence-corrected chi connectivity index (χ1v) is 5.12. The zero-order valence-corrected chi connectivity index (χ0v) is 9.23. The van der Waals surface area contributed by atoms with E-state index in [0.717, 1.165) is 11.1 Å². The highest BCUT2D eigenvalue weighted by molar-refractivity contribution is 5.89. The molecule has 1 N–H and O–H groups in total. The molecule has 0 aromatic heterocycles. The van der Waals surface area contributed by atoms with Crippen LogP contribution >= 0.6 is 0 Å². The lowest BCUT2D eigenvalue weighted by atomic mass is 9.92. The van der Waals surface area contributed by atoms with Gasteiger partial charge < -0.3 is 10.0 Å². The van der Waals surface area contributed by atoms with E-state index in [1.807, 2.05) is 6.92 Å². The van der Waals surface area contributed by atoms with E-state index in [9.17, 15) is 9.59 Å². The van der Waals surface area contributed by atoms with Gasteiger partial charge in [0, 0.05) is 7.05 Å². The summed E-state index contributed by atoms with van der Waals surface area (Å²) in [6.45, 7) is 1.94. The molecule has 1 aromatic rings. The first-order chi connectivity index (χ1) is 7.50. The Labute approximate surface area is 93.5 Å². The molecule has 0 bridgehead atoms. The van der Waals surface area contributed by atoms with Crippen LogP contribution < -0.4 is 0 Å². The number of fused-ring (bicyclic) bond motifs is 1. The minimum absolute atomic E-state index is 0.0131. The van der Waals surface area contributed by atoms with Gasteiger partial charge in [0.05, 0.1) is 18.0 Å². The molecule has 1 aromatic carbocycles. The number of rotatable bonds is 1. The number of carbonyl (C=O) groups excluding carboxylic acids is 1. The van der Waals surface area contributed by atoms with Crippen LogP contribution in [0.2, 0.25) is 0 Å². The highest BCUT2D eigenvalue weighted by Gasteiger charge is 2.26. The summed E-state index contributed by atoms with van der Waals surface area (Å²) in [5.74, 6) is -0.927. The molecule has 0 radical (unpaired) electrons. The predicted molar refractivity (Wildman–Crippen MR) is 58.3 cm³/mol. The summed E-state index contributed by atoms with van der Waals surface area (Å²) in [6.07, 6.45) is 0.289. The normalized spacial score (nSPS) is 19.5. The van der Waals surface area contributed by atoms with Crippen LogP contribution in [0.5, 0.6) is 0 Å². The van der Waals surface area contributed by atoms with Crippen molar-refractivity contribution in [2.24, 2.45) is 0 Å². The molecule has 1 heterocycles. The van der Waals surface area contributed by atoms with Gasteiger partial charge in [-0.15, -0.1) is 0 Å². The van der Waals surface area contributed by atoms with Crippen LogP contribution in [0, 0.1) is 0 Å². The maximum absolute atomic E-state index is 11.6. The first-order valence-electron chi connectivity index (χ1n) is 5.12. The second-order valence-electron chi connectivity index (χ2n) is 4.08. The second-order valence-corrected chi connectivity index (χ2v) is 4.08. The van der Waals surface area contributed by atoms with Crippen molar-refractivity contribution in [3.05, 3.63) is 34.9 Å². The molecule has 1 atom stereocenters. The van der Waals surface area contributed by atoms with Gasteiger partial charge in [-0.3, -0.25) is 4.79 Å². The van der Waals surface area contributed by atoms with Crippen LogP contribution in [0.15, 0.2) is 18.2 Å². The Balaban J connectivity index is 2.49. The zero-order chi connectivity index (χ0) is 11.9. The SMILES string of the molecule is C[C@H]1c2ccc(C(=O)O)cc2CC(=O)N1C. The van der Waals surface area contributed by atoms with Crippen molar-refractivity contribution in [2.45, 2.75) is 19.4 Å². The van der Waals surface area contributed by atoms with E-state index >= 15 is 0 Å².